The van der Waals surface area contributed by atoms with Crippen LogP contribution in [-0.4, -0.2) is 37.2 Å². The minimum atomic E-state index is -0.826. The maximum Gasteiger partial charge on any atom is 0.306 e. The summed E-state index contributed by atoms with van der Waals surface area (Å²) in [5.74, 6) is -1.02. The second-order valence-corrected chi connectivity index (χ2v) is 20.2. The van der Waals surface area contributed by atoms with Crippen molar-refractivity contribution < 1.29 is 28.6 Å². The summed E-state index contributed by atoms with van der Waals surface area (Å²) in [6, 6.07) is 0. The molecule has 0 aliphatic rings. The number of carbonyl (C=O) groups excluding carboxylic acids is 3. The van der Waals surface area contributed by atoms with Crippen LogP contribution in [0.1, 0.15) is 252 Å². The average Bonchev–Trinajstić information content (AvgIpc) is 3.45. The van der Waals surface area contributed by atoms with Gasteiger partial charge in [-0.25, -0.2) is 0 Å². The van der Waals surface area contributed by atoms with E-state index in [1.54, 1.807) is 0 Å². The fraction of sp³-hybridized carbons (Fsp3) is 0.575. The summed E-state index contributed by atoms with van der Waals surface area (Å²) in [5.41, 5.74) is 0. The summed E-state index contributed by atoms with van der Waals surface area (Å²) < 4.78 is 16.8. The normalized spacial score (nSPS) is 13.3. The molecule has 0 radical (unpaired) electrons. The molecule has 0 aliphatic carbocycles. The Morgan fingerprint density at radius 3 is 0.785 bits per heavy atom. The molecule has 6 nitrogen and oxygen atoms in total. The number of allylic oxidation sites excluding steroid dienone is 28. The largest absolute Gasteiger partial charge is 0.462 e. The Hall–Kier alpha value is -5.23. The molecular weight excluding hydrogens is 973 g/mol. The van der Waals surface area contributed by atoms with Crippen LogP contribution in [0.5, 0.6) is 0 Å². The number of hydrogen-bond acceptors (Lipinski definition) is 6. The second-order valence-electron chi connectivity index (χ2n) is 20.2. The highest BCUT2D eigenvalue weighted by molar-refractivity contribution is 5.71. The molecule has 0 bridgehead atoms. The summed E-state index contributed by atoms with van der Waals surface area (Å²) in [7, 11) is 0. The standard InChI is InChI=1S/C73H114O6/c1-4-7-10-13-16-19-22-25-27-29-31-33-35-36-38-39-41-43-45-48-51-54-57-60-63-66-72(75)78-69-70(68-77-71(74)65-62-59-56-53-50-47-24-21-18-15-12-9-6-3)79-73(76)67-64-61-58-55-52-49-46-44-42-40-37-34-32-30-28-26-23-20-17-14-11-8-5-2/h7-12,16-21,25-28,31-34,36,38,41,43,47,50,56,59,70H,4-6,13-15,22-24,29-30,35,37,39-40,42,44-46,48-49,51-55,57-58,60-69H2,1-3H3/b10-7-,11-8-,12-9-,19-16-,20-17-,21-18-,27-25-,28-26-,33-31-,34-32-,38-36-,43-41-,50-47-,59-56-. The van der Waals surface area contributed by atoms with E-state index in [-0.39, 0.29) is 37.5 Å². The summed E-state index contributed by atoms with van der Waals surface area (Å²) >= 11 is 0. The number of ether oxygens (including phenoxy) is 3. The lowest BCUT2D eigenvalue weighted by Gasteiger charge is -2.18. The van der Waals surface area contributed by atoms with E-state index < -0.39 is 6.10 Å². The molecule has 0 aliphatic heterocycles. The smallest absolute Gasteiger partial charge is 0.306 e. The number of unbranched alkanes of at least 4 members (excludes halogenated alkanes) is 16. The van der Waals surface area contributed by atoms with Gasteiger partial charge in [0.1, 0.15) is 13.2 Å². The minimum absolute atomic E-state index is 0.117. The van der Waals surface area contributed by atoms with E-state index in [9.17, 15) is 14.4 Å². The lowest BCUT2D eigenvalue weighted by atomic mass is 10.0. The fourth-order valence-electron chi connectivity index (χ4n) is 8.10. The van der Waals surface area contributed by atoms with E-state index in [4.69, 9.17) is 14.2 Å². The topological polar surface area (TPSA) is 78.9 Å². The first-order chi connectivity index (χ1) is 39.0. The molecule has 0 rings (SSSR count). The molecule has 442 valence electrons. The molecule has 0 N–H and O–H groups in total. The molecule has 1 atom stereocenters. The van der Waals surface area contributed by atoms with Gasteiger partial charge >= 0.3 is 17.9 Å². The lowest BCUT2D eigenvalue weighted by molar-refractivity contribution is -0.166. The molecule has 6 heteroatoms. The molecule has 0 saturated carbocycles. The number of hydrogen-bond donors (Lipinski definition) is 0. The molecule has 79 heavy (non-hydrogen) atoms. The van der Waals surface area contributed by atoms with Crippen molar-refractivity contribution in [3.63, 3.8) is 0 Å². The van der Waals surface area contributed by atoms with Gasteiger partial charge < -0.3 is 14.2 Å². The Kier molecular flexibility index (Phi) is 61.0. The third kappa shape index (κ3) is 63.5. The molecule has 0 fully saturated rings. The molecule has 0 saturated heterocycles. The van der Waals surface area contributed by atoms with Crippen molar-refractivity contribution >= 4 is 17.9 Å². The van der Waals surface area contributed by atoms with E-state index >= 15 is 0 Å². The first-order valence-corrected chi connectivity index (χ1v) is 31.6. The van der Waals surface area contributed by atoms with Gasteiger partial charge in [0.05, 0.1) is 0 Å². The van der Waals surface area contributed by atoms with Crippen LogP contribution in [0.15, 0.2) is 170 Å². The highest BCUT2D eigenvalue weighted by Gasteiger charge is 2.19. The first kappa shape index (κ1) is 73.8. The van der Waals surface area contributed by atoms with Crippen LogP contribution in [0.25, 0.3) is 0 Å². The van der Waals surface area contributed by atoms with E-state index in [0.29, 0.717) is 19.3 Å². The third-order valence-electron chi connectivity index (χ3n) is 12.7. The number of carbonyl (C=O) groups is 3. The van der Waals surface area contributed by atoms with Gasteiger partial charge in [-0.1, -0.05) is 268 Å². The molecule has 0 amide bonds. The van der Waals surface area contributed by atoms with Crippen molar-refractivity contribution in [2.24, 2.45) is 0 Å². The predicted molar refractivity (Wildman–Crippen MR) is 343 cm³/mol. The van der Waals surface area contributed by atoms with Crippen molar-refractivity contribution in [3.05, 3.63) is 170 Å². The zero-order valence-corrected chi connectivity index (χ0v) is 50.6. The average molecular weight is 1090 g/mol. The van der Waals surface area contributed by atoms with E-state index in [1.807, 2.05) is 12.2 Å². The molecule has 0 heterocycles. The van der Waals surface area contributed by atoms with Gasteiger partial charge in [0.2, 0.25) is 0 Å². The molecule has 1 unspecified atom stereocenters. The van der Waals surface area contributed by atoms with E-state index in [1.165, 1.54) is 64.2 Å². The van der Waals surface area contributed by atoms with Gasteiger partial charge in [0.25, 0.3) is 0 Å². The van der Waals surface area contributed by atoms with E-state index in [0.717, 1.165) is 141 Å². The summed E-state index contributed by atoms with van der Waals surface area (Å²) in [6.45, 7) is 6.21. The van der Waals surface area contributed by atoms with Gasteiger partial charge in [-0.2, -0.15) is 0 Å². The van der Waals surface area contributed by atoms with Crippen molar-refractivity contribution in [2.75, 3.05) is 13.2 Å². The SMILES string of the molecule is CC/C=C\C/C=C\C/C=C\C/C=C\C/C=C\C/C=C\CCCCCCCCC(=O)OCC(COC(=O)CC/C=C\C/C=C\C/C=C\C/C=C\CC)OC(=O)CCCCCCCCCCCC/C=C\C/C=C\C/C=C\C/C=C\CC. The van der Waals surface area contributed by atoms with Crippen molar-refractivity contribution in [1.29, 1.82) is 0 Å². The lowest BCUT2D eigenvalue weighted by Crippen LogP contribution is -2.30. The molecule has 0 aromatic carbocycles. The van der Waals surface area contributed by atoms with Gasteiger partial charge in [-0.3, -0.25) is 14.4 Å². The second kappa shape index (κ2) is 65.3. The van der Waals surface area contributed by atoms with E-state index in [2.05, 4.69) is 179 Å². The highest BCUT2D eigenvalue weighted by Crippen LogP contribution is 2.14. The van der Waals surface area contributed by atoms with Crippen LogP contribution >= 0.6 is 0 Å². The fourth-order valence-corrected chi connectivity index (χ4v) is 8.10. The van der Waals surface area contributed by atoms with Gasteiger partial charge in [-0.05, 0) is 135 Å². The Morgan fingerprint density at radius 2 is 0.481 bits per heavy atom. The van der Waals surface area contributed by atoms with Crippen LogP contribution < -0.4 is 0 Å². The maximum absolute atomic E-state index is 12.9. The summed E-state index contributed by atoms with van der Waals surface area (Å²) in [5, 5.41) is 0. The van der Waals surface area contributed by atoms with Gasteiger partial charge in [0.15, 0.2) is 6.10 Å². The number of rotatable bonds is 55. The molecule has 0 aromatic rings. The van der Waals surface area contributed by atoms with Gasteiger partial charge in [0, 0.05) is 19.3 Å². The zero-order chi connectivity index (χ0) is 57.1. The Labute approximate surface area is 485 Å². The van der Waals surface area contributed by atoms with Crippen molar-refractivity contribution in [2.45, 2.75) is 258 Å². The van der Waals surface area contributed by atoms with Crippen LogP contribution in [0, 0.1) is 0 Å². The Balaban J connectivity index is 4.45. The highest BCUT2D eigenvalue weighted by atomic mass is 16.6. The zero-order valence-electron chi connectivity index (χ0n) is 50.6. The number of esters is 3. The molecule has 0 spiro atoms. The third-order valence-corrected chi connectivity index (χ3v) is 12.7. The predicted octanol–water partition coefficient (Wildman–Crippen LogP) is 21.9. The van der Waals surface area contributed by atoms with Crippen LogP contribution in [0.2, 0.25) is 0 Å². The molecule has 0 aromatic heterocycles. The summed E-state index contributed by atoms with van der Waals surface area (Å²) in [4.78, 5) is 38.3. The molecular formula is C73H114O6. The monoisotopic (exact) mass is 1090 g/mol. The van der Waals surface area contributed by atoms with Crippen molar-refractivity contribution in [3.8, 4) is 0 Å². The minimum Gasteiger partial charge on any atom is -0.462 e. The van der Waals surface area contributed by atoms with Crippen LogP contribution in [0.3, 0.4) is 0 Å². The Bertz CT molecular complexity index is 1820. The van der Waals surface area contributed by atoms with Crippen LogP contribution in [-0.2, 0) is 28.6 Å². The van der Waals surface area contributed by atoms with Crippen molar-refractivity contribution in [1.82, 2.24) is 0 Å². The maximum atomic E-state index is 12.9. The Morgan fingerprint density at radius 1 is 0.253 bits per heavy atom. The summed E-state index contributed by atoms with van der Waals surface area (Å²) in [6.07, 6.45) is 96.5. The van der Waals surface area contributed by atoms with Gasteiger partial charge in [-0.15, -0.1) is 0 Å². The first-order valence-electron chi connectivity index (χ1n) is 31.6. The quantitative estimate of drug-likeness (QED) is 0.0261. The van der Waals surface area contributed by atoms with Crippen LogP contribution in [0.4, 0.5) is 0 Å².